The maximum atomic E-state index is 7.47. The van der Waals surface area contributed by atoms with Crippen LogP contribution in [-0.2, 0) is 21.9 Å². The maximum absolute atomic E-state index is 7.47. The summed E-state index contributed by atoms with van der Waals surface area (Å²) < 4.78 is 19.8. The fourth-order valence-corrected chi connectivity index (χ4v) is 11.7. The van der Waals surface area contributed by atoms with E-state index in [-0.39, 0.29) is 0 Å². The number of nitrogens with zero attached hydrogens (tertiary/aromatic N) is 2. The van der Waals surface area contributed by atoms with Crippen LogP contribution in [0.5, 0.6) is 0 Å². The maximum Gasteiger partial charge on any atom is 0.407 e. The summed E-state index contributed by atoms with van der Waals surface area (Å²) in [7, 11) is -3.40. The molecule has 2 atom stereocenters. The van der Waals surface area contributed by atoms with E-state index in [4.69, 9.17) is 32.1 Å². The average molecular weight is 808 g/mol. The van der Waals surface area contributed by atoms with Crippen molar-refractivity contribution in [3.05, 3.63) is 182 Å². The van der Waals surface area contributed by atoms with Crippen LogP contribution < -0.4 is 10.4 Å². The van der Waals surface area contributed by atoms with Crippen molar-refractivity contribution in [2.45, 2.75) is 26.9 Å². The first kappa shape index (κ1) is 39.0. The van der Waals surface area contributed by atoms with Gasteiger partial charge in [-0.1, -0.05) is 172 Å². The molecule has 0 saturated carbocycles. The molecular weight excluding hydrogens is 760 g/mol. The highest BCUT2D eigenvalue weighted by Crippen LogP contribution is 2.36. The van der Waals surface area contributed by atoms with Crippen LogP contribution in [0.25, 0.3) is 44.3 Å². The van der Waals surface area contributed by atoms with Crippen molar-refractivity contribution in [3.63, 3.8) is 0 Å². The normalized spacial score (nSPS) is 14.1. The van der Waals surface area contributed by atoms with E-state index in [2.05, 4.69) is 193 Å². The molecule has 57 heavy (non-hydrogen) atoms. The Bertz CT molecular complexity index is 2360. The predicted molar refractivity (Wildman–Crippen MR) is 242 cm³/mol. The van der Waals surface area contributed by atoms with Crippen molar-refractivity contribution in [1.82, 2.24) is 9.13 Å². The predicted octanol–water partition coefficient (Wildman–Crippen LogP) is 11.4. The SMILES string of the molecule is CC(CCl)(CO[Si](OCC(C)(CCl)Cn1c(-c2ccccc2)cc2ccccc21)(c1ccccc1)c1ccccc1)Cn1c(-c2ccccc2)cc2ccccc21. The van der Waals surface area contributed by atoms with Gasteiger partial charge in [-0.2, -0.15) is 0 Å². The molecule has 7 heteroatoms. The minimum absolute atomic E-state index is 0.380. The van der Waals surface area contributed by atoms with Crippen LogP contribution in [0.1, 0.15) is 13.8 Å². The van der Waals surface area contributed by atoms with E-state index in [1.165, 1.54) is 32.9 Å². The van der Waals surface area contributed by atoms with Crippen LogP contribution in [-0.4, -0.2) is 42.7 Å². The van der Waals surface area contributed by atoms with Crippen molar-refractivity contribution in [3.8, 4) is 22.5 Å². The summed E-state index contributed by atoms with van der Waals surface area (Å²) in [5.41, 5.74) is 6.07. The number of aromatic nitrogens is 2. The molecule has 2 unspecified atom stereocenters. The Hall–Kier alpha value is -4.88. The van der Waals surface area contributed by atoms with Gasteiger partial charge in [0.25, 0.3) is 0 Å². The van der Waals surface area contributed by atoms with Gasteiger partial charge in [0, 0.05) is 82.1 Å². The lowest BCUT2D eigenvalue weighted by Gasteiger charge is -2.39. The molecule has 0 fully saturated rings. The third-order valence-corrected chi connectivity index (χ3v) is 15.6. The van der Waals surface area contributed by atoms with Gasteiger partial charge in [-0.3, -0.25) is 0 Å². The number of hydrogen-bond donors (Lipinski definition) is 0. The molecule has 0 spiro atoms. The van der Waals surface area contributed by atoms with Gasteiger partial charge >= 0.3 is 8.56 Å². The van der Waals surface area contributed by atoms with Gasteiger partial charge in [0.15, 0.2) is 0 Å². The molecule has 6 aromatic carbocycles. The number of hydrogen-bond acceptors (Lipinski definition) is 2. The van der Waals surface area contributed by atoms with Crippen molar-refractivity contribution in [2.24, 2.45) is 10.8 Å². The number of fused-ring (bicyclic) bond motifs is 2. The quantitative estimate of drug-likeness (QED) is 0.0719. The average Bonchev–Trinajstić information content (AvgIpc) is 3.83. The Morgan fingerprint density at radius 3 is 1.16 bits per heavy atom. The molecule has 0 amide bonds. The van der Waals surface area contributed by atoms with E-state index >= 15 is 0 Å². The summed E-state index contributed by atoms with van der Waals surface area (Å²) in [6, 6.07) is 63.8. The molecular formula is C50H48Cl2N2O2Si. The van der Waals surface area contributed by atoms with Crippen LogP contribution in [0.4, 0.5) is 0 Å². The molecule has 8 rings (SSSR count). The van der Waals surface area contributed by atoms with Crippen molar-refractivity contribution < 1.29 is 8.85 Å². The van der Waals surface area contributed by atoms with Crippen LogP contribution >= 0.6 is 23.2 Å². The standard InChI is InChI=1S/C50H48Cl2N2O2Si/c1-49(33-51,35-53-45-29-17-15-23-41(45)31-47(53)39-19-7-3-8-20-39)37-55-57(43-25-11-5-12-26-43,44-27-13-6-14-28-44)56-38-50(2,34-52)36-54-46-30-18-16-24-42(46)32-48(54)40-21-9-4-10-22-40/h3-32H,33-38H2,1-2H3. The summed E-state index contributed by atoms with van der Waals surface area (Å²) in [4.78, 5) is 0. The van der Waals surface area contributed by atoms with E-state index in [0.29, 0.717) is 38.1 Å². The molecule has 0 radical (unpaired) electrons. The summed E-state index contributed by atoms with van der Waals surface area (Å²) >= 11 is 14.0. The first-order chi connectivity index (χ1) is 27.8. The summed E-state index contributed by atoms with van der Waals surface area (Å²) in [5.74, 6) is 0.786. The molecule has 0 aliphatic carbocycles. The highest BCUT2D eigenvalue weighted by atomic mass is 35.5. The fourth-order valence-electron chi connectivity index (χ4n) is 7.88. The number of benzene rings is 6. The topological polar surface area (TPSA) is 28.3 Å². The van der Waals surface area contributed by atoms with Gasteiger partial charge in [0.1, 0.15) is 0 Å². The lowest BCUT2D eigenvalue weighted by atomic mass is 9.94. The van der Waals surface area contributed by atoms with Crippen LogP contribution in [0.15, 0.2) is 182 Å². The summed E-state index contributed by atoms with van der Waals surface area (Å²) in [6.07, 6.45) is 0. The molecule has 2 aromatic heterocycles. The Balaban J connectivity index is 1.16. The zero-order valence-corrected chi connectivity index (χ0v) is 35.0. The number of halogens is 2. The third kappa shape index (κ3) is 8.14. The molecule has 0 saturated heterocycles. The highest BCUT2D eigenvalue weighted by molar-refractivity contribution is 6.92. The Labute approximate surface area is 347 Å². The highest BCUT2D eigenvalue weighted by Gasteiger charge is 2.46. The second-order valence-electron chi connectivity index (χ2n) is 15.9. The van der Waals surface area contributed by atoms with Gasteiger partial charge in [-0.05, 0) is 45.8 Å². The third-order valence-electron chi connectivity index (χ3n) is 11.0. The molecule has 0 aliphatic heterocycles. The van der Waals surface area contributed by atoms with Crippen LogP contribution in [0.2, 0.25) is 0 Å². The summed E-state index contributed by atoms with van der Waals surface area (Å²) in [5, 5.41) is 4.47. The minimum atomic E-state index is -3.40. The van der Waals surface area contributed by atoms with Gasteiger partial charge < -0.3 is 18.0 Å². The molecule has 0 N–H and O–H groups in total. The molecule has 288 valence electrons. The Morgan fingerprint density at radius 2 is 0.789 bits per heavy atom. The molecule has 0 bridgehead atoms. The zero-order chi connectivity index (χ0) is 39.3. The van der Waals surface area contributed by atoms with E-state index in [1.54, 1.807) is 0 Å². The second-order valence-corrected chi connectivity index (χ2v) is 19.4. The van der Waals surface area contributed by atoms with Crippen molar-refractivity contribution in [2.75, 3.05) is 25.0 Å². The second kappa shape index (κ2) is 16.9. The van der Waals surface area contributed by atoms with E-state index in [0.717, 1.165) is 21.8 Å². The monoisotopic (exact) mass is 806 g/mol. The molecule has 0 aliphatic rings. The number of rotatable bonds is 16. The van der Waals surface area contributed by atoms with Crippen LogP contribution in [0, 0.1) is 10.8 Å². The molecule has 4 nitrogen and oxygen atoms in total. The lowest BCUT2D eigenvalue weighted by molar-refractivity contribution is 0.0877. The molecule has 2 heterocycles. The smallest absolute Gasteiger partial charge is 0.387 e. The van der Waals surface area contributed by atoms with E-state index in [1.807, 2.05) is 12.1 Å². The van der Waals surface area contributed by atoms with Crippen molar-refractivity contribution in [1.29, 1.82) is 0 Å². The minimum Gasteiger partial charge on any atom is -0.387 e. The first-order valence-corrected chi connectivity index (χ1v) is 22.5. The van der Waals surface area contributed by atoms with Gasteiger partial charge in [-0.25, -0.2) is 0 Å². The fraction of sp³-hybridized carbons (Fsp3) is 0.200. The Morgan fingerprint density at radius 1 is 0.456 bits per heavy atom. The van der Waals surface area contributed by atoms with Gasteiger partial charge in [0.05, 0.1) is 0 Å². The van der Waals surface area contributed by atoms with E-state index < -0.39 is 19.4 Å². The van der Waals surface area contributed by atoms with Crippen molar-refractivity contribution >= 4 is 63.9 Å². The molecule has 8 aromatic rings. The zero-order valence-electron chi connectivity index (χ0n) is 32.5. The lowest BCUT2D eigenvalue weighted by Crippen LogP contribution is -2.65. The van der Waals surface area contributed by atoms with Gasteiger partial charge in [0.2, 0.25) is 0 Å². The van der Waals surface area contributed by atoms with Gasteiger partial charge in [-0.15, -0.1) is 23.2 Å². The first-order valence-electron chi connectivity index (χ1n) is 19.6. The largest absolute Gasteiger partial charge is 0.407 e. The van der Waals surface area contributed by atoms with E-state index in [9.17, 15) is 0 Å². The van der Waals surface area contributed by atoms with Crippen LogP contribution in [0.3, 0.4) is 0 Å². The number of alkyl halides is 2. The number of para-hydroxylation sites is 2. The summed E-state index contributed by atoms with van der Waals surface area (Å²) in [6.45, 7) is 6.53. The Kier molecular flexibility index (Phi) is 11.6.